The second-order valence-electron chi connectivity index (χ2n) is 35.7. The number of ether oxygens (including phenoxy) is 2. The first-order valence-electron chi connectivity index (χ1n) is 40.4. The predicted octanol–water partition coefficient (Wildman–Crippen LogP) is 8.52. The van der Waals surface area contributed by atoms with Gasteiger partial charge in [-0.15, -0.1) is 0 Å². The summed E-state index contributed by atoms with van der Waals surface area (Å²) in [4.78, 5) is 182. The molecule has 0 radical (unpaired) electrons. The van der Waals surface area contributed by atoms with E-state index in [1.54, 1.807) is 55.4 Å². The SMILES string of the molecule is CCCCNC(=O)C(CC(=O)NCCN(C)CCN(C)C)CC(C)(C)C(=O)CC(CC(C)(C)CC(=O)C(CC(=O)NCCCC(C)C)CC(C)(C)C(=O)CC(CC(C)(C)C(=O)C(CC(=O)NCCOC)CC(C)(C)C(=O)CC(CC)C(=O)NCCOC)C(=O)NCCCC(C)C)C(=O)NCCN(C)CCN(C)C. The standard InChI is InChI=1S/C83H155N11O14/c1-25-27-32-87-78(106)66(52-73(101)85-35-39-93(21)43-41-91(17)18)56-82(13,14)69(97)48-64(76(104)89-36-40-94(22)44-42-92(19)20)53-79(7,8)58-67(95)62(50-71(99)84-33-28-30-59(3)4)54-80(9,10)70(98)49-65(77(105)88-34-29-31-60(5)6)57-83(15,16)74(102)63(51-72(100)86-37-45-107-23)55-81(11,12)68(96)47-61(26-2)75(103)90-38-46-108-24/h59-66H,25-58H2,1-24H3,(H,84,99)(H,85,101)(H,86,100)(H,87,106)(H,88,105)(H,89,104)(H,90,103). The summed E-state index contributed by atoms with van der Waals surface area (Å²) in [6.07, 6.45) is 3.29. The maximum atomic E-state index is 15.4. The Morgan fingerprint density at radius 3 is 1.11 bits per heavy atom. The van der Waals surface area contributed by atoms with Crippen molar-refractivity contribution in [2.75, 3.05) is 155 Å². The van der Waals surface area contributed by atoms with Crippen molar-refractivity contribution in [1.29, 1.82) is 0 Å². The third-order valence-corrected chi connectivity index (χ3v) is 20.9. The van der Waals surface area contributed by atoms with Crippen LogP contribution in [0.25, 0.3) is 0 Å². The summed E-state index contributed by atoms with van der Waals surface area (Å²) in [6, 6.07) is 0. The van der Waals surface area contributed by atoms with Gasteiger partial charge in [-0.1, -0.05) is 117 Å². The Bertz CT molecular complexity index is 2750. The lowest BCUT2D eigenvalue weighted by atomic mass is 9.67. The van der Waals surface area contributed by atoms with Crippen LogP contribution in [-0.2, 0) is 67.0 Å². The van der Waals surface area contributed by atoms with Gasteiger partial charge in [0.25, 0.3) is 0 Å². The van der Waals surface area contributed by atoms with Gasteiger partial charge in [0, 0.05) is 201 Å². The number of rotatable bonds is 64. The van der Waals surface area contributed by atoms with Gasteiger partial charge in [0.2, 0.25) is 41.4 Å². The fourth-order valence-electron chi connectivity index (χ4n) is 13.7. The number of amides is 7. The quantitative estimate of drug-likeness (QED) is 0.0281. The number of carbonyl (C=O) groups is 12. The molecule has 0 aromatic heterocycles. The van der Waals surface area contributed by atoms with Crippen molar-refractivity contribution < 1.29 is 67.0 Å². The first-order valence-corrected chi connectivity index (χ1v) is 40.4. The lowest BCUT2D eigenvalue weighted by Gasteiger charge is -2.36. The molecule has 7 amide bonds. The highest BCUT2D eigenvalue weighted by molar-refractivity contribution is 5.96. The Kier molecular flexibility index (Phi) is 49.9. The molecule has 6 unspecified atom stereocenters. The van der Waals surface area contributed by atoms with Gasteiger partial charge in [-0.2, -0.15) is 0 Å². The molecule has 0 aromatic rings. The number of ketones is 5. The molecule has 0 fully saturated rings. The molecule has 108 heavy (non-hydrogen) atoms. The number of Topliss-reactive ketones (excluding diaryl/α,β-unsaturated/α-hetero) is 5. The summed E-state index contributed by atoms with van der Waals surface area (Å²) < 4.78 is 10.3. The number of hydrogen-bond acceptors (Lipinski definition) is 18. The van der Waals surface area contributed by atoms with E-state index in [4.69, 9.17) is 9.47 Å². The first-order chi connectivity index (χ1) is 50.2. The van der Waals surface area contributed by atoms with Crippen molar-refractivity contribution in [1.82, 2.24) is 56.8 Å². The zero-order valence-electron chi connectivity index (χ0n) is 72.2. The van der Waals surface area contributed by atoms with Crippen LogP contribution in [0.2, 0.25) is 0 Å². The largest absolute Gasteiger partial charge is 0.383 e. The third-order valence-electron chi connectivity index (χ3n) is 20.9. The average molecular weight is 1530 g/mol. The maximum Gasteiger partial charge on any atom is 0.223 e. The number of hydrogen-bond donors (Lipinski definition) is 7. The average Bonchev–Trinajstić information content (AvgIpc) is 0.817. The Hall–Kier alpha value is -5.60. The third kappa shape index (κ3) is 44.4. The molecule has 6 atom stereocenters. The summed E-state index contributed by atoms with van der Waals surface area (Å²) >= 11 is 0. The highest BCUT2D eigenvalue weighted by Gasteiger charge is 2.46. The van der Waals surface area contributed by atoms with Crippen LogP contribution in [0.1, 0.15) is 233 Å². The van der Waals surface area contributed by atoms with Crippen LogP contribution < -0.4 is 37.2 Å². The molecule has 0 saturated carbocycles. The molecule has 0 aliphatic rings. The van der Waals surface area contributed by atoms with Crippen LogP contribution in [0.5, 0.6) is 0 Å². The Morgan fingerprint density at radius 2 is 0.676 bits per heavy atom. The number of carbonyl (C=O) groups excluding carboxylic acids is 12. The van der Waals surface area contributed by atoms with Crippen LogP contribution in [0, 0.1) is 74.4 Å². The van der Waals surface area contributed by atoms with E-state index in [2.05, 4.69) is 84.5 Å². The molecular weight excluding hydrogens is 1370 g/mol. The number of methoxy groups -OCH3 is 2. The van der Waals surface area contributed by atoms with Gasteiger partial charge in [-0.05, 0) is 130 Å². The summed E-state index contributed by atoms with van der Waals surface area (Å²) in [7, 11) is 14.9. The molecule has 0 aromatic carbocycles. The van der Waals surface area contributed by atoms with Gasteiger partial charge in [0.15, 0.2) is 0 Å². The maximum absolute atomic E-state index is 15.4. The molecule has 0 aliphatic carbocycles. The number of likely N-dealkylation sites (N-methyl/N-ethyl adjacent to an activating group) is 4. The van der Waals surface area contributed by atoms with Crippen molar-refractivity contribution in [3.8, 4) is 0 Å². The topological polar surface area (TPSA) is 320 Å². The number of nitrogens with zero attached hydrogens (tertiary/aromatic N) is 4. The molecule has 626 valence electrons. The summed E-state index contributed by atoms with van der Waals surface area (Å²) in [5.41, 5.74) is -6.07. The molecule has 0 spiro atoms. The number of unbranched alkanes of at least 4 members (excludes halogenated alkanes) is 1. The Morgan fingerprint density at radius 1 is 0.352 bits per heavy atom. The van der Waals surface area contributed by atoms with Gasteiger partial charge >= 0.3 is 0 Å². The Labute approximate surface area is 653 Å². The van der Waals surface area contributed by atoms with E-state index < -0.39 is 74.4 Å². The monoisotopic (exact) mass is 1530 g/mol. The van der Waals surface area contributed by atoms with Crippen LogP contribution in [0.15, 0.2) is 0 Å². The predicted molar refractivity (Wildman–Crippen MR) is 431 cm³/mol. The van der Waals surface area contributed by atoms with E-state index in [9.17, 15) is 43.2 Å². The fourth-order valence-corrected chi connectivity index (χ4v) is 13.7. The molecule has 0 bridgehead atoms. The summed E-state index contributed by atoms with van der Waals surface area (Å²) in [5, 5.41) is 20.7. The van der Waals surface area contributed by atoms with E-state index >= 15 is 14.4 Å². The zero-order valence-corrected chi connectivity index (χ0v) is 72.2. The van der Waals surface area contributed by atoms with E-state index in [0.717, 1.165) is 51.9 Å². The van der Waals surface area contributed by atoms with Crippen LogP contribution >= 0.6 is 0 Å². The fraction of sp³-hybridized carbons (Fsp3) is 0.855. The van der Waals surface area contributed by atoms with Crippen molar-refractivity contribution >= 4 is 70.3 Å². The van der Waals surface area contributed by atoms with Gasteiger partial charge in [-0.3, -0.25) is 57.5 Å². The lowest BCUT2D eigenvalue weighted by molar-refractivity contribution is -0.141. The summed E-state index contributed by atoms with van der Waals surface area (Å²) in [6.45, 7) is 36.5. The van der Waals surface area contributed by atoms with Gasteiger partial charge in [0.1, 0.15) is 28.9 Å². The molecule has 0 heterocycles. The zero-order chi connectivity index (χ0) is 82.8. The van der Waals surface area contributed by atoms with Crippen molar-refractivity contribution in [2.24, 2.45) is 74.4 Å². The molecule has 0 saturated heterocycles. The summed E-state index contributed by atoms with van der Waals surface area (Å²) in [5.74, 6) is -9.10. The van der Waals surface area contributed by atoms with Crippen molar-refractivity contribution in [3.05, 3.63) is 0 Å². The van der Waals surface area contributed by atoms with Gasteiger partial charge in [-0.25, -0.2) is 0 Å². The molecule has 25 nitrogen and oxygen atoms in total. The van der Waals surface area contributed by atoms with Gasteiger partial charge < -0.3 is 66.3 Å². The normalized spacial score (nSPS) is 14.1. The Balaban J connectivity index is 7.75. The van der Waals surface area contributed by atoms with E-state index in [1.807, 2.05) is 70.0 Å². The van der Waals surface area contributed by atoms with E-state index in [-0.39, 0.29) is 162 Å². The van der Waals surface area contributed by atoms with E-state index in [1.165, 1.54) is 14.2 Å². The molecule has 0 rings (SSSR count). The second-order valence-corrected chi connectivity index (χ2v) is 35.7. The lowest BCUT2D eigenvalue weighted by Crippen LogP contribution is -2.43. The minimum Gasteiger partial charge on any atom is -0.383 e. The van der Waals surface area contributed by atoms with Crippen LogP contribution in [-0.4, -0.2) is 245 Å². The molecule has 0 aliphatic heterocycles. The van der Waals surface area contributed by atoms with Crippen LogP contribution in [0.4, 0.5) is 0 Å². The minimum atomic E-state index is -1.36. The first kappa shape index (κ1) is 102. The highest BCUT2D eigenvalue weighted by Crippen LogP contribution is 2.42. The minimum absolute atomic E-state index is 0.0288. The van der Waals surface area contributed by atoms with Crippen LogP contribution in [0.3, 0.4) is 0 Å². The van der Waals surface area contributed by atoms with E-state index in [0.29, 0.717) is 77.0 Å². The second kappa shape index (κ2) is 52.6. The van der Waals surface area contributed by atoms with Gasteiger partial charge in [0.05, 0.1) is 13.2 Å². The van der Waals surface area contributed by atoms with Crippen molar-refractivity contribution in [2.45, 2.75) is 233 Å². The van der Waals surface area contributed by atoms with Crippen molar-refractivity contribution in [3.63, 3.8) is 0 Å². The molecular formula is C83H155N11O14. The highest BCUT2D eigenvalue weighted by atomic mass is 16.5. The smallest absolute Gasteiger partial charge is 0.223 e. The molecule has 25 heteroatoms. The number of nitrogens with one attached hydrogen (secondary N) is 7. The molecule has 7 N–H and O–H groups in total.